The van der Waals surface area contributed by atoms with Crippen LogP contribution in [0.5, 0.6) is 11.5 Å². The van der Waals surface area contributed by atoms with E-state index in [2.05, 4.69) is 9.80 Å². The van der Waals surface area contributed by atoms with E-state index in [4.69, 9.17) is 27.9 Å². The third-order valence-corrected chi connectivity index (χ3v) is 6.99. The van der Waals surface area contributed by atoms with Crippen LogP contribution in [0.15, 0.2) is 54.3 Å². The third-order valence-electron chi connectivity index (χ3n) is 6.42. The van der Waals surface area contributed by atoms with Crippen LogP contribution in [0.3, 0.4) is 0 Å². The molecule has 0 radical (unpaired) electrons. The van der Waals surface area contributed by atoms with Crippen molar-refractivity contribution in [2.75, 3.05) is 31.1 Å². The summed E-state index contributed by atoms with van der Waals surface area (Å²) in [6.07, 6.45) is 1.32. The van der Waals surface area contributed by atoms with E-state index in [1.165, 1.54) is 18.2 Å². The molecule has 0 unspecified atom stereocenters. The summed E-state index contributed by atoms with van der Waals surface area (Å²) in [6, 6.07) is 13.7. The van der Waals surface area contributed by atoms with Crippen molar-refractivity contribution in [3.63, 3.8) is 0 Å². The highest BCUT2D eigenvalue weighted by Gasteiger charge is 2.34. The lowest BCUT2D eigenvalue weighted by Gasteiger charge is -2.36. The van der Waals surface area contributed by atoms with Crippen molar-refractivity contribution >= 4 is 40.7 Å². The molecule has 2 aliphatic rings. The lowest BCUT2D eigenvalue weighted by Crippen LogP contribution is -2.46. The number of fused-ring (bicyclic) bond motifs is 1. The number of aryl methyl sites for hydroxylation is 1. The standard InChI is InChI=1S/C27H23Cl2FN2O3/c1-16-12-23(33)20(15-31-8-10-32(11-9-31)18-5-2-4-17(28)13-18)27-25(16)26(34)24(35-27)14-19-21(29)6-3-7-22(19)30/h2-7,12-14,33H,8-11,15H2,1H3/b24-14-. The van der Waals surface area contributed by atoms with Crippen LogP contribution in [0.2, 0.25) is 10.0 Å². The molecule has 8 heteroatoms. The van der Waals surface area contributed by atoms with Gasteiger partial charge < -0.3 is 14.7 Å². The highest BCUT2D eigenvalue weighted by Crippen LogP contribution is 2.42. The Kier molecular flexibility index (Phi) is 6.45. The average molecular weight is 513 g/mol. The number of carbonyl (C=O) groups is 1. The Bertz CT molecular complexity index is 1330. The predicted octanol–water partition coefficient (Wildman–Crippen LogP) is 6.08. The minimum Gasteiger partial charge on any atom is -0.507 e. The molecule has 2 aliphatic heterocycles. The van der Waals surface area contributed by atoms with Gasteiger partial charge in [-0.15, -0.1) is 0 Å². The van der Waals surface area contributed by atoms with E-state index in [0.29, 0.717) is 34.0 Å². The lowest BCUT2D eigenvalue weighted by atomic mass is 9.99. The first-order valence-electron chi connectivity index (χ1n) is 11.3. The summed E-state index contributed by atoms with van der Waals surface area (Å²) in [5.74, 6) is -0.536. The number of benzene rings is 3. The Morgan fingerprint density at radius 3 is 2.54 bits per heavy atom. The number of phenols is 1. The Balaban J connectivity index is 1.39. The smallest absolute Gasteiger partial charge is 0.232 e. The van der Waals surface area contributed by atoms with Gasteiger partial charge in [0.2, 0.25) is 5.78 Å². The SMILES string of the molecule is Cc1cc(O)c(CN2CCN(c3cccc(Cl)c3)CC2)c2c1C(=O)/C(=C/c1c(F)cccc1Cl)O2. The average Bonchev–Trinajstić information content (AvgIpc) is 3.16. The summed E-state index contributed by atoms with van der Waals surface area (Å²) >= 11 is 12.3. The van der Waals surface area contributed by atoms with Gasteiger partial charge in [-0.2, -0.15) is 0 Å². The van der Waals surface area contributed by atoms with Crippen molar-refractivity contribution < 1.29 is 19.0 Å². The number of hydrogen-bond donors (Lipinski definition) is 1. The molecular weight excluding hydrogens is 490 g/mol. The van der Waals surface area contributed by atoms with Gasteiger partial charge in [-0.25, -0.2) is 4.39 Å². The first-order valence-corrected chi connectivity index (χ1v) is 12.0. The summed E-state index contributed by atoms with van der Waals surface area (Å²) in [7, 11) is 0. The number of carbonyl (C=O) groups excluding carboxylic acids is 1. The van der Waals surface area contributed by atoms with E-state index < -0.39 is 5.82 Å². The van der Waals surface area contributed by atoms with Gasteiger partial charge in [0, 0.05) is 49.0 Å². The van der Waals surface area contributed by atoms with Gasteiger partial charge in [-0.05, 0) is 55.0 Å². The number of rotatable bonds is 4. The van der Waals surface area contributed by atoms with Crippen molar-refractivity contribution in [2.24, 2.45) is 0 Å². The fourth-order valence-electron chi connectivity index (χ4n) is 4.57. The van der Waals surface area contributed by atoms with E-state index in [0.717, 1.165) is 31.9 Å². The molecule has 3 aromatic rings. The first-order chi connectivity index (χ1) is 16.8. The monoisotopic (exact) mass is 512 g/mol. The Labute approximate surface area is 212 Å². The number of Topliss-reactive ketones (excluding diaryl/α,β-unsaturated/α-hetero) is 1. The number of allylic oxidation sites excluding steroid dienone is 1. The van der Waals surface area contributed by atoms with E-state index in [-0.39, 0.29) is 27.9 Å². The van der Waals surface area contributed by atoms with E-state index in [1.54, 1.807) is 19.1 Å². The number of halogens is 3. The third kappa shape index (κ3) is 4.61. The van der Waals surface area contributed by atoms with Crippen LogP contribution in [0.25, 0.3) is 6.08 Å². The van der Waals surface area contributed by atoms with E-state index in [1.807, 2.05) is 24.3 Å². The number of phenolic OH excluding ortho intramolecular Hbond substituents is 1. The number of aromatic hydroxyl groups is 1. The fraction of sp³-hybridized carbons (Fsp3) is 0.222. The Morgan fingerprint density at radius 1 is 1.09 bits per heavy atom. The molecule has 0 spiro atoms. The second-order valence-electron chi connectivity index (χ2n) is 8.71. The lowest BCUT2D eigenvalue weighted by molar-refractivity contribution is 0.101. The number of nitrogens with zero attached hydrogens (tertiary/aromatic N) is 2. The highest BCUT2D eigenvalue weighted by atomic mass is 35.5. The topological polar surface area (TPSA) is 53.0 Å². The largest absolute Gasteiger partial charge is 0.507 e. The van der Waals surface area contributed by atoms with Crippen molar-refractivity contribution in [3.05, 3.63) is 92.4 Å². The number of piperazine rings is 1. The maximum Gasteiger partial charge on any atom is 0.232 e. The molecule has 5 nitrogen and oxygen atoms in total. The molecule has 1 fully saturated rings. The molecule has 1 saturated heterocycles. The molecule has 0 aromatic heterocycles. The van der Waals surface area contributed by atoms with Crippen LogP contribution in [0.1, 0.15) is 27.0 Å². The minimum atomic E-state index is -0.547. The maximum atomic E-state index is 14.3. The molecule has 0 aliphatic carbocycles. The van der Waals surface area contributed by atoms with E-state index >= 15 is 0 Å². The second kappa shape index (κ2) is 9.53. The minimum absolute atomic E-state index is 0.0206. The van der Waals surface area contributed by atoms with Crippen molar-refractivity contribution in [1.82, 2.24) is 4.90 Å². The van der Waals surface area contributed by atoms with Crippen LogP contribution in [0, 0.1) is 12.7 Å². The second-order valence-corrected chi connectivity index (χ2v) is 9.56. The van der Waals surface area contributed by atoms with Crippen molar-refractivity contribution in [2.45, 2.75) is 13.5 Å². The molecule has 0 saturated carbocycles. The van der Waals surface area contributed by atoms with Gasteiger partial charge >= 0.3 is 0 Å². The summed E-state index contributed by atoms with van der Waals surface area (Å²) in [5.41, 5.74) is 2.69. The molecule has 0 amide bonds. The molecule has 1 N–H and O–H groups in total. The first kappa shape index (κ1) is 23.7. The van der Waals surface area contributed by atoms with E-state index in [9.17, 15) is 14.3 Å². The number of anilines is 1. The molecule has 3 aromatic carbocycles. The highest BCUT2D eigenvalue weighted by molar-refractivity contribution is 6.32. The molecule has 0 atom stereocenters. The van der Waals surface area contributed by atoms with Crippen LogP contribution in [0.4, 0.5) is 10.1 Å². The zero-order chi connectivity index (χ0) is 24.7. The van der Waals surface area contributed by atoms with Gasteiger partial charge in [-0.1, -0.05) is 35.3 Å². The Hall–Kier alpha value is -3.06. The predicted molar refractivity (Wildman–Crippen MR) is 136 cm³/mol. The molecule has 35 heavy (non-hydrogen) atoms. The number of ketones is 1. The number of ether oxygens (including phenoxy) is 1. The molecule has 5 rings (SSSR count). The molecule has 180 valence electrons. The van der Waals surface area contributed by atoms with Crippen LogP contribution in [-0.4, -0.2) is 42.0 Å². The van der Waals surface area contributed by atoms with Crippen LogP contribution >= 0.6 is 23.2 Å². The normalized spacial score (nSPS) is 17.1. The molecular formula is C27H23Cl2FN2O3. The van der Waals surface area contributed by atoms with Crippen LogP contribution in [-0.2, 0) is 6.54 Å². The number of hydrogen-bond acceptors (Lipinski definition) is 5. The zero-order valence-corrected chi connectivity index (χ0v) is 20.5. The van der Waals surface area contributed by atoms with Crippen molar-refractivity contribution in [3.8, 4) is 11.5 Å². The van der Waals surface area contributed by atoms with Crippen LogP contribution < -0.4 is 9.64 Å². The Morgan fingerprint density at radius 2 is 1.83 bits per heavy atom. The maximum absolute atomic E-state index is 14.3. The fourth-order valence-corrected chi connectivity index (χ4v) is 4.98. The summed E-state index contributed by atoms with van der Waals surface area (Å²) in [5, 5.41) is 11.6. The zero-order valence-electron chi connectivity index (χ0n) is 19.0. The van der Waals surface area contributed by atoms with Crippen molar-refractivity contribution in [1.29, 1.82) is 0 Å². The van der Waals surface area contributed by atoms with Gasteiger partial charge in [0.1, 0.15) is 17.3 Å². The summed E-state index contributed by atoms with van der Waals surface area (Å²) in [6.45, 7) is 5.27. The molecule has 2 heterocycles. The van der Waals surface area contributed by atoms with Gasteiger partial charge in [0.25, 0.3) is 0 Å². The molecule has 0 bridgehead atoms. The summed E-state index contributed by atoms with van der Waals surface area (Å²) < 4.78 is 20.3. The van der Waals surface area contributed by atoms with Gasteiger partial charge in [0.05, 0.1) is 16.1 Å². The van der Waals surface area contributed by atoms with Gasteiger partial charge in [0.15, 0.2) is 5.76 Å². The summed E-state index contributed by atoms with van der Waals surface area (Å²) in [4.78, 5) is 17.6. The quantitative estimate of drug-likeness (QED) is 0.429. The van der Waals surface area contributed by atoms with Gasteiger partial charge in [-0.3, -0.25) is 9.69 Å².